The molecule has 1 aliphatic rings. The molecule has 2 atom stereocenters. The number of methoxy groups -OCH3 is 1. The first-order chi connectivity index (χ1) is 11.3. The van der Waals surface area contributed by atoms with Gasteiger partial charge in [0.2, 0.25) is 0 Å². The molecule has 1 heterocycles. The molecule has 8 nitrogen and oxygen atoms in total. The summed E-state index contributed by atoms with van der Waals surface area (Å²) in [4.78, 5) is 25.2. The highest BCUT2D eigenvalue weighted by molar-refractivity contribution is 7.86. The minimum atomic E-state index is -3.70. The zero-order valence-corrected chi connectivity index (χ0v) is 14.2. The van der Waals surface area contributed by atoms with Crippen LogP contribution in [0.4, 0.5) is 4.79 Å². The molecule has 2 unspecified atom stereocenters. The summed E-state index contributed by atoms with van der Waals surface area (Å²) in [6.45, 7) is -0.0257. The minimum Gasteiger partial charge on any atom is -0.467 e. The van der Waals surface area contributed by atoms with Gasteiger partial charge in [-0.1, -0.05) is 30.3 Å². The van der Waals surface area contributed by atoms with Crippen LogP contribution in [0.15, 0.2) is 30.3 Å². The standard InChI is InChI=1S/C15H19NO7S/c1-21-14(17)13-8-12(23-24(2,19)20)9-16(13)15(18)22-10-11-6-4-3-5-7-11/h3-7,12-13H,8-10H2,1-2H3. The van der Waals surface area contributed by atoms with Gasteiger partial charge in [-0.3, -0.25) is 9.08 Å². The number of benzene rings is 1. The van der Waals surface area contributed by atoms with Crippen LogP contribution in [0.5, 0.6) is 0 Å². The van der Waals surface area contributed by atoms with Crippen molar-refractivity contribution in [2.75, 3.05) is 19.9 Å². The minimum absolute atomic E-state index is 0.0280. The normalized spacial score (nSPS) is 20.7. The Morgan fingerprint density at radius 1 is 1.25 bits per heavy atom. The molecule has 1 aromatic rings. The highest BCUT2D eigenvalue weighted by Crippen LogP contribution is 2.24. The third kappa shape index (κ3) is 4.93. The van der Waals surface area contributed by atoms with E-state index in [4.69, 9.17) is 8.92 Å². The lowest BCUT2D eigenvalue weighted by molar-refractivity contribution is -0.145. The Labute approximate surface area is 140 Å². The second kappa shape index (κ2) is 7.63. The van der Waals surface area contributed by atoms with Gasteiger partial charge in [0.1, 0.15) is 12.6 Å². The van der Waals surface area contributed by atoms with E-state index >= 15 is 0 Å². The topological polar surface area (TPSA) is 99.2 Å². The molecular weight excluding hydrogens is 338 g/mol. The molecule has 1 saturated heterocycles. The summed E-state index contributed by atoms with van der Waals surface area (Å²) < 4.78 is 37.2. The van der Waals surface area contributed by atoms with Crippen molar-refractivity contribution in [2.24, 2.45) is 0 Å². The molecule has 0 aliphatic carbocycles. The lowest BCUT2D eigenvalue weighted by atomic mass is 10.2. The van der Waals surface area contributed by atoms with Crippen LogP contribution in [0.25, 0.3) is 0 Å². The molecular formula is C15H19NO7S. The Hall–Kier alpha value is -2.13. The van der Waals surface area contributed by atoms with Crippen LogP contribution >= 0.6 is 0 Å². The zero-order chi connectivity index (χ0) is 17.7. The summed E-state index contributed by atoms with van der Waals surface area (Å²) in [5, 5.41) is 0. The van der Waals surface area contributed by atoms with E-state index in [2.05, 4.69) is 4.74 Å². The number of amides is 1. The highest BCUT2D eigenvalue weighted by Gasteiger charge is 2.43. The van der Waals surface area contributed by atoms with Crippen LogP contribution in [0.3, 0.4) is 0 Å². The van der Waals surface area contributed by atoms with Gasteiger partial charge in [0.15, 0.2) is 0 Å². The maximum Gasteiger partial charge on any atom is 0.410 e. The zero-order valence-electron chi connectivity index (χ0n) is 13.4. The summed E-state index contributed by atoms with van der Waals surface area (Å²) in [7, 11) is -2.50. The van der Waals surface area contributed by atoms with Gasteiger partial charge in [-0.15, -0.1) is 0 Å². The number of carbonyl (C=O) groups excluding carboxylic acids is 2. The Morgan fingerprint density at radius 2 is 1.92 bits per heavy atom. The van der Waals surface area contributed by atoms with Crippen LogP contribution in [0.1, 0.15) is 12.0 Å². The van der Waals surface area contributed by atoms with E-state index in [1.165, 1.54) is 7.11 Å². The summed E-state index contributed by atoms with van der Waals surface area (Å²) in [6.07, 6.45) is -0.598. The van der Waals surface area contributed by atoms with Gasteiger partial charge in [0.05, 0.1) is 26.0 Å². The fourth-order valence-electron chi connectivity index (χ4n) is 2.48. The number of hydrogen-bond donors (Lipinski definition) is 0. The molecule has 0 spiro atoms. The summed E-state index contributed by atoms with van der Waals surface area (Å²) in [6, 6.07) is 8.12. The van der Waals surface area contributed by atoms with Gasteiger partial charge in [0.25, 0.3) is 10.1 Å². The van der Waals surface area contributed by atoms with Gasteiger partial charge in [-0.25, -0.2) is 9.59 Å². The fourth-order valence-corrected chi connectivity index (χ4v) is 3.11. The monoisotopic (exact) mass is 357 g/mol. The SMILES string of the molecule is COC(=O)C1CC(OS(C)(=O)=O)CN1C(=O)OCc1ccccc1. The maximum atomic E-state index is 12.3. The van der Waals surface area contributed by atoms with Gasteiger partial charge >= 0.3 is 12.1 Å². The maximum absolute atomic E-state index is 12.3. The molecule has 1 amide bonds. The van der Waals surface area contributed by atoms with Gasteiger partial charge in [0, 0.05) is 6.42 Å². The van der Waals surface area contributed by atoms with Crippen molar-refractivity contribution in [1.82, 2.24) is 4.90 Å². The lowest BCUT2D eigenvalue weighted by Crippen LogP contribution is -2.41. The Balaban J connectivity index is 2.03. The van der Waals surface area contributed by atoms with Crippen LogP contribution in [-0.4, -0.2) is 57.4 Å². The van der Waals surface area contributed by atoms with Gasteiger partial charge in [-0.2, -0.15) is 8.42 Å². The lowest BCUT2D eigenvalue weighted by Gasteiger charge is -2.21. The molecule has 132 valence electrons. The predicted octanol–water partition coefficient (Wildman–Crippen LogP) is 0.915. The molecule has 2 rings (SSSR count). The van der Waals surface area contributed by atoms with Crippen molar-refractivity contribution in [3.05, 3.63) is 35.9 Å². The molecule has 0 aromatic heterocycles. The summed E-state index contributed by atoms with van der Waals surface area (Å²) in [5.41, 5.74) is 0.795. The average Bonchev–Trinajstić information content (AvgIpc) is 2.94. The number of carbonyl (C=O) groups is 2. The van der Waals surface area contributed by atoms with E-state index < -0.39 is 34.3 Å². The smallest absolute Gasteiger partial charge is 0.410 e. The number of hydrogen-bond acceptors (Lipinski definition) is 7. The molecule has 1 aliphatic heterocycles. The second-order valence-electron chi connectivity index (χ2n) is 5.39. The van der Waals surface area contributed by atoms with Crippen molar-refractivity contribution in [2.45, 2.75) is 25.2 Å². The van der Waals surface area contributed by atoms with Crippen LogP contribution in [0, 0.1) is 0 Å². The van der Waals surface area contributed by atoms with Crippen molar-refractivity contribution >= 4 is 22.2 Å². The van der Waals surface area contributed by atoms with Crippen LogP contribution in [0.2, 0.25) is 0 Å². The van der Waals surface area contributed by atoms with Gasteiger partial charge in [-0.05, 0) is 5.56 Å². The summed E-state index contributed by atoms with van der Waals surface area (Å²) in [5.74, 6) is -0.647. The first kappa shape index (κ1) is 18.2. The quantitative estimate of drug-likeness (QED) is 0.570. The third-order valence-electron chi connectivity index (χ3n) is 3.49. The molecule has 0 bridgehead atoms. The van der Waals surface area contributed by atoms with Crippen molar-refractivity contribution < 1.29 is 31.7 Å². The number of likely N-dealkylation sites (tertiary alicyclic amines) is 1. The molecule has 1 fully saturated rings. The van der Waals surface area contributed by atoms with Gasteiger partial charge < -0.3 is 9.47 Å². The van der Waals surface area contributed by atoms with Crippen LogP contribution in [-0.2, 0) is 35.2 Å². The van der Waals surface area contributed by atoms with Crippen molar-refractivity contribution in [3.8, 4) is 0 Å². The molecule has 0 saturated carbocycles. The molecule has 24 heavy (non-hydrogen) atoms. The Morgan fingerprint density at radius 3 is 2.50 bits per heavy atom. The number of ether oxygens (including phenoxy) is 2. The van der Waals surface area contributed by atoms with E-state index in [9.17, 15) is 18.0 Å². The predicted molar refractivity (Wildman–Crippen MR) is 83.5 cm³/mol. The van der Waals surface area contributed by atoms with Crippen molar-refractivity contribution in [1.29, 1.82) is 0 Å². The fraction of sp³-hybridized carbons (Fsp3) is 0.467. The first-order valence-electron chi connectivity index (χ1n) is 7.23. The average molecular weight is 357 g/mol. The van der Waals surface area contributed by atoms with E-state index in [0.29, 0.717) is 0 Å². The van der Waals surface area contributed by atoms with E-state index in [1.807, 2.05) is 18.2 Å². The molecule has 0 radical (unpaired) electrons. The van der Waals surface area contributed by atoms with E-state index in [-0.39, 0.29) is 19.6 Å². The van der Waals surface area contributed by atoms with Crippen LogP contribution < -0.4 is 0 Å². The number of nitrogens with zero attached hydrogens (tertiary/aromatic N) is 1. The first-order valence-corrected chi connectivity index (χ1v) is 9.05. The summed E-state index contributed by atoms with van der Waals surface area (Å²) >= 11 is 0. The highest BCUT2D eigenvalue weighted by atomic mass is 32.2. The Bertz CT molecular complexity index is 689. The third-order valence-corrected chi connectivity index (χ3v) is 4.11. The number of rotatable bonds is 5. The molecule has 9 heteroatoms. The number of esters is 1. The second-order valence-corrected chi connectivity index (χ2v) is 6.99. The molecule has 1 aromatic carbocycles. The van der Waals surface area contributed by atoms with Crippen molar-refractivity contribution in [3.63, 3.8) is 0 Å². The van der Waals surface area contributed by atoms with E-state index in [0.717, 1.165) is 16.7 Å². The largest absolute Gasteiger partial charge is 0.467 e. The van der Waals surface area contributed by atoms with E-state index in [1.54, 1.807) is 12.1 Å². The Kier molecular flexibility index (Phi) is 5.79. The molecule has 0 N–H and O–H groups in total.